The molecule has 0 aromatic heterocycles. The molecule has 82 valence electrons. The molecule has 15 heavy (non-hydrogen) atoms. The first kappa shape index (κ1) is 12.2. The molecule has 3 nitrogen and oxygen atoms in total. The van der Waals surface area contributed by atoms with E-state index >= 15 is 0 Å². The Morgan fingerprint density at radius 2 is 2.27 bits per heavy atom. The summed E-state index contributed by atoms with van der Waals surface area (Å²) >= 11 is 3.36. The monoisotopic (exact) mass is 271 g/mol. The highest BCUT2D eigenvalue weighted by molar-refractivity contribution is 9.10. The molecule has 0 heterocycles. The van der Waals surface area contributed by atoms with Gasteiger partial charge in [0.1, 0.15) is 0 Å². The van der Waals surface area contributed by atoms with E-state index in [9.17, 15) is 4.79 Å². The van der Waals surface area contributed by atoms with Gasteiger partial charge in [-0.15, -0.1) is 0 Å². The van der Waals surface area contributed by atoms with Crippen molar-refractivity contribution < 1.29 is 9.90 Å². The molecule has 0 radical (unpaired) electrons. The minimum absolute atomic E-state index is 0.175. The zero-order chi connectivity index (χ0) is 11.4. The van der Waals surface area contributed by atoms with Crippen LogP contribution in [0.15, 0.2) is 22.7 Å². The highest BCUT2D eigenvalue weighted by Crippen LogP contribution is 2.20. The summed E-state index contributed by atoms with van der Waals surface area (Å²) in [6.07, 6.45) is -0.530. The van der Waals surface area contributed by atoms with E-state index in [0.717, 1.165) is 10.0 Å². The van der Waals surface area contributed by atoms with Crippen molar-refractivity contribution in [2.75, 3.05) is 6.54 Å². The zero-order valence-electron chi connectivity index (χ0n) is 8.75. The van der Waals surface area contributed by atoms with Gasteiger partial charge in [-0.1, -0.05) is 12.1 Å². The molecule has 0 spiro atoms. The quantitative estimate of drug-likeness (QED) is 0.882. The van der Waals surface area contributed by atoms with Crippen LogP contribution in [0.3, 0.4) is 0 Å². The van der Waals surface area contributed by atoms with Gasteiger partial charge in [-0.05, 0) is 41.4 Å². The van der Waals surface area contributed by atoms with Crippen molar-refractivity contribution in [1.82, 2.24) is 5.32 Å². The molecule has 4 heteroatoms. The second-order valence-electron chi connectivity index (χ2n) is 3.50. The van der Waals surface area contributed by atoms with E-state index in [1.165, 1.54) is 0 Å². The van der Waals surface area contributed by atoms with Crippen molar-refractivity contribution in [3.8, 4) is 0 Å². The second kappa shape index (κ2) is 5.28. The van der Waals surface area contributed by atoms with Crippen LogP contribution in [-0.2, 0) is 0 Å². The van der Waals surface area contributed by atoms with Crippen LogP contribution in [0.5, 0.6) is 0 Å². The molecule has 1 aromatic carbocycles. The summed E-state index contributed by atoms with van der Waals surface area (Å²) in [6, 6.07) is 5.50. The molecule has 1 aromatic rings. The molecule has 0 bridgehead atoms. The number of carbonyl (C=O) groups is 1. The highest BCUT2D eigenvalue weighted by Gasteiger charge is 2.11. The molecule has 0 saturated heterocycles. The third-order valence-electron chi connectivity index (χ3n) is 1.99. The summed E-state index contributed by atoms with van der Waals surface area (Å²) < 4.78 is 0.799. The van der Waals surface area contributed by atoms with Crippen molar-refractivity contribution in [3.05, 3.63) is 33.8 Å². The number of benzene rings is 1. The average molecular weight is 272 g/mol. The maximum atomic E-state index is 11.7. The van der Waals surface area contributed by atoms with Crippen LogP contribution >= 0.6 is 15.9 Å². The van der Waals surface area contributed by atoms with E-state index < -0.39 is 6.10 Å². The first-order chi connectivity index (χ1) is 7.02. The predicted molar refractivity (Wildman–Crippen MR) is 62.9 cm³/mol. The molecule has 1 unspecified atom stereocenters. The molecular weight excluding hydrogens is 258 g/mol. The van der Waals surface area contributed by atoms with E-state index in [1.54, 1.807) is 13.0 Å². The largest absolute Gasteiger partial charge is 0.392 e. The molecule has 1 amide bonds. The smallest absolute Gasteiger partial charge is 0.252 e. The molecule has 1 rings (SSSR count). The van der Waals surface area contributed by atoms with E-state index in [4.69, 9.17) is 5.11 Å². The number of halogens is 1. The van der Waals surface area contributed by atoms with E-state index in [2.05, 4.69) is 21.2 Å². The third kappa shape index (κ3) is 3.32. The van der Waals surface area contributed by atoms with Crippen LogP contribution in [-0.4, -0.2) is 23.7 Å². The molecular formula is C11H14BrNO2. The number of aryl methyl sites for hydroxylation is 1. The standard InChI is InChI=1S/C11H14BrNO2/c1-7-4-3-5-9(10(7)12)11(15)13-6-8(2)14/h3-5,8,14H,6H2,1-2H3,(H,13,15). The fourth-order valence-corrected chi connectivity index (χ4v) is 1.60. The van der Waals surface area contributed by atoms with Gasteiger partial charge in [-0.2, -0.15) is 0 Å². The summed E-state index contributed by atoms with van der Waals surface area (Å²) in [5, 5.41) is 11.7. The molecule has 0 aliphatic carbocycles. The first-order valence-electron chi connectivity index (χ1n) is 4.73. The van der Waals surface area contributed by atoms with Gasteiger partial charge < -0.3 is 10.4 Å². The van der Waals surface area contributed by atoms with Crippen molar-refractivity contribution in [2.45, 2.75) is 20.0 Å². The van der Waals surface area contributed by atoms with E-state index in [-0.39, 0.29) is 12.5 Å². The fraction of sp³-hybridized carbons (Fsp3) is 0.364. The van der Waals surface area contributed by atoms with Crippen LogP contribution in [0.25, 0.3) is 0 Å². The third-order valence-corrected chi connectivity index (χ3v) is 3.05. The Morgan fingerprint density at radius 3 is 2.87 bits per heavy atom. The summed E-state index contributed by atoms with van der Waals surface area (Å²) in [5.41, 5.74) is 1.61. The van der Waals surface area contributed by atoms with Crippen LogP contribution in [0.2, 0.25) is 0 Å². The maximum absolute atomic E-state index is 11.7. The molecule has 0 aliphatic rings. The van der Waals surface area contributed by atoms with Crippen molar-refractivity contribution in [1.29, 1.82) is 0 Å². The van der Waals surface area contributed by atoms with Crippen molar-refractivity contribution in [3.63, 3.8) is 0 Å². The lowest BCUT2D eigenvalue weighted by atomic mass is 10.1. The lowest BCUT2D eigenvalue weighted by molar-refractivity contribution is 0.0923. The van der Waals surface area contributed by atoms with E-state index in [0.29, 0.717) is 5.56 Å². The van der Waals surface area contributed by atoms with Gasteiger partial charge >= 0.3 is 0 Å². The summed E-state index contributed by atoms with van der Waals surface area (Å²) in [7, 11) is 0. The topological polar surface area (TPSA) is 49.3 Å². The number of amides is 1. The van der Waals surface area contributed by atoms with Gasteiger partial charge in [-0.25, -0.2) is 0 Å². The number of carbonyl (C=O) groups excluding carboxylic acids is 1. The van der Waals surface area contributed by atoms with Gasteiger partial charge in [0.25, 0.3) is 5.91 Å². The minimum Gasteiger partial charge on any atom is -0.392 e. The summed E-state index contributed by atoms with van der Waals surface area (Å²) in [6.45, 7) is 3.82. The first-order valence-corrected chi connectivity index (χ1v) is 5.53. The van der Waals surface area contributed by atoms with Crippen LogP contribution in [0.1, 0.15) is 22.8 Å². The second-order valence-corrected chi connectivity index (χ2v) is 4.29. The Morgan fingerprint density at radius 1 is 1.60 bits per heavy atom. The van der Waals surface area contributed by atoms with E-state index in [1.807, 2.05) is 19.1 Å². The SMILES string of the molecule is Cc1cccc(C(=O)NCC(C)O)c1Br. The van der Waals surface area contributed by atoms with Gasteiger partial charge in [0.2, 0.25) is 0 Å². The molecule has 0 aliphatic heterocycles. The molecule has 2 N–H and O–H groups in total. The van der Waals surface area contributed by atoms with Gasteiger partial charge in [0.15, 0.2) is 0 Å². The number of aliphatic hydroxyl groups excluding tert-OH is 1. The van der Waals surface area contributed by atoms with Crippen LogP contribution in [0, 0.1) is 6.92 Å². The van der Waals surface area contributed by atoms with Gasteiger partial charge in [0.05, 0.1) is 11.7 Å². The minimum atomic E-state index is -0.530. The molecule has 0 fully saturated rings. The Kier molecular flexibility index (Phi) is 4.29. The maximum Gasteiger partial charge on any atom is 0.252 e. The number of hydrogen-bond donors (Lipinski definition) is 2. The number of hydrogen-bond acceptors (Lipinski definition) is 2. The van der Waals surface area contributed by atoms with Crippen LogP contribution in [0.4, 0.5) is 0 Å². The Balaban J connectivity index is 2.78. The zero-order valence-corrected chi connectivity index (χ0v) is 10.3. The highest BCUT2D eigenvalue weighted by atomic mass is 79.9. The molecule has 1 atom stereocenters. The molecule has 0 saturated carbocycles. The lowest BCUT2D eigenvalue weighted by Crippen LogP contribution is -2.30. The van der Waals surface area contributed by atoms with Crippen molar-refractivity contribution in [2.24, 2.45) is 0 Å². The average Bonchev–Trinajstić information content (AvgIpc) is 2.18. The Hall–Kier alpha value is -0.870. The van der Waals surface area contributed by atoms with Crippen LogP contribution < -0.4 is 5.32 Å². The Labute approximate surface area is 97.6 Å². The number of nitrogens with one attached hydrogen (secondary N) is 1. The predicted octanol–water partition coefficient (Wildman–Crippen LogP) is 1.87. The number of aliphatic hydroxyl groups is 1. The Bertz CT molecular complexity index is 364. The van der Waals surface area contributed by atoms with Crippen molar-refractivity contribution >= 4 is 21.8 Å². The number of rotatable bonds is 3. The summed E-state index contributed by atoms with van der Waals surface area (Å²) in [5.74, 6) is -0.175. The van der Waals surface area contributed by atoms with Gasteiger partial charge in [-0.3, -0.25) is 4.79 Å². The normalized spacial score (nSPS) is 12.3. The summed E-state index contributed by atoms with van der Waals surface area (Å²) in [4.78, 5) is 11.7. The fourth-order valence-electron chi connectivity index (χ4n) is 1.16. The lowest BCUT2D eigenvalue weighted by Gasteiger charge is -2.09. The van der Waals surface area contributed by atoms with Gasteiger partial charge in [0, 0.05) is 11.0 Å².